The quantitative estimate of drug-likeness (QED) is 0.837. The fraction of sp³-hybridized carbons (Fsp3) is 0.222. The lowest BCUT2D eigenvalue weighted by atomic mass is 10.1. The van der Waals surface area contributed by atoms with Gasteiger partial charge in [0.15, 0.2) is 6.29 Å². The zero-order valence-electron chi connectivity index (χ0n) is 12.9. The average Bonchev–Trinajstić information content (AvgIpc) is 2.78. The first kappa shape index (κ1) is 15.1. The molecule has 0 aliphatic carbocycles. The van der Waals surface area contributed by atoms with Crippen LogP contribution in [0.1, 0.15) is 31.8 Å². The first-order valence-corrected chi connectivity index (χ1v) is 7.50. The highest BCUT2D eigenvalue weighted by atomic mass is 16.3. The largest absolute Gasteiger partial charge is 0.507 e. The number of phenols is 1. The van der Waals surface area contributed by atoms with Crippen LogP contribution in [0.5, 0.6) is 5.75 Å². The van der Waals surface area contributed by atoms with Gasteiger partial charge in [0.25, 0.3) is 5.91 Å². The number of rotatable bonds is 2. The summed E-state index contributed by atoms with van der Waals surface area (Å²) >= 11 is 0. The van der Waals surface area contributed by atoms with Crippen molar-refractivity contribution >= 4 is 17.9 Å². The van der Waals surface area contributed by atoms with Gasteiger partial charge in [-0.25, -0.2) is 0 Å². The molecule has 2 aromatic rings. The fourth-order valence-electron chi connectivity index (χ4n) is 2.85. The number of para-hydroxylation sites is 1. The molecular weight excluding hydrogens is 292 g/mol. The Balaban J connectivity index is 1.89. The van der Waals surface area contributed by atoms with Crippen molar-refractivity contribution < 1.29 is 14.7 Å². The zero-order chi connectivity index (χ0) is 16.4. The van der Waals surface area contributed by atoms with Gasteiger partial charge >= 0.3 is 0 Å². The van der Waals surface area contributed by atoms with Crippen LogP contribution in [0.4, 0.5) is 5.69 Å². The lowest BCUT2D eigenvalue weighted by molar-refractivity contribution is 0.0753. The van der Waals surface area contributed by atoms with Crippen molar-refractivity contribution in [3.8, 4) is 5.75 Å². The van der Waals surface area contributed by atoms with E-state index in [2.05, 4.69) is 5.32 Å². The Bertz CT molecular complexity index is 771. The van der Waals surface area contributed by atoms with Crippen molar-refractivity contribution in [2.75, 3.05) is 18.4 Å². The second-order valence-electron chi connectivity index (χ2n) is 5.65. The summed E-state index contributed by atoms with van der Waals surface area (Å²) in [6.07, 6.45) is 0.550. The van der Waals surface area contributed by atoms with E-state index in [0.29, 0.717) is 31.5 Å². The Morgan fingerprint density at radius 3 is 2.91 bits per heavy atom. The van der Waals surface area contributed by atoms with Crippen molar-refractivity contribution in [2.24, 2.45) is 0 Å². The van der Waals surface area contributed by atoms with Gasteiger partial charge in [0.1, 0.15) is 5.75 Å². The van der Waals surface area contributed by atoms with Crippen LogP contribution in [0.15, 0.2) is 36.4 Å². The summed E-state index contributed by atoms with van der Waals surface area (Å²) in [7, 11) is 0. The monoisotopic (exact) mass is 310 g/mol. The molecule has 1 aliphatic rings. The Morgan fingerprint density at radius 2 is 2.13 bits per heavy atom. The third-order valence-electron chi connectivity index (χ3n) is 4.09. The molecule has 1 aliphatic heterocycles. The maximum Gasteiger partial charge on any atom is 0.254 e. The van der Waals surface area contributed by atoms with E-state index in [9.17, 15) is 14.7 Å². The van der Waals surface area contributed by atoms with Gasteiger partial charge in [0.05, 0.1) is 5.56 Å². The van der Waals surface area contributed by atoms with Crippen LogP contribution in [0.3, 0.4) is 0 Å². The van der Waals surface area contributed by atoms with Crippen molar-refractivity contribution in [1.29, 1.82) is 0 Å². The molecule has 0 saturated carbocycles. The minimum absolute atomic E-state index is 0.116. The lowest BCUT2D eigenvalue weighted by Crippen LogP contribution is -2.32. The summed E-state index contributed by atoms with van der Waals surface area (Å²) in [4.78, 5) is 25.4. The van der Waals surface area contributed by atoms with E-state index in [0.717, 1.165) is 16.8 Å². The van der Waals surface area contributed by atoms with Gasteiger partial charge in [-0.2, -0.15) is 0 Å². The standard InChI is InChI=1S/C18H18N2O3/c1-12-3-2-4-14-10-20(8-7-19-17(12)14)18(23)13-5-6-16(22)15(9-13)11-21/h2-6,9,11,19,22H,7-8,10H2,1H3. The third-order valence-corrected chi connectivity index (χ3v) is 4.09. The number of nitrogens with one attached hydrogen (secondary N) is 1. The normalized spacial score (nSPS) is 13.7. The smallest absolute Gasteiger partial charge is 0.254 e. The topological polar surface area (TPSA) is 69.6 Å². The number of hydrogen-bond donors (Lipinski definition) is 2. The van der Waals surface area contributed by atoms with Crippen LogP contribution in [-0.2, 0) is 6.54 Å². The summed E-state index contributed by atoms with van der Waals surface area (Å²) in [6, 6.07) is 10.4. The summed E-state index contributed by atoms with van der Waals surface area (Å²) in [5.74, 6) is -0.265. The predicted molar refractivity (Wildman–Crippen MR) is 87.9 cm³/mol. The molecule has 0 radical (unpaired) electrons. The molecule has 118 valence electrons. The number of phenolic OH excluding ortho intramolecular Hbond substituents is 1. The van der Waals surface area contributed by atoms with Crippen LogP contribution in [0.2, 0.25) is 0 Å². The van der Waals surface area contributed by atoms with E-state index in [1.807, 2.05) is 25.1 Å². The molecule has 2 N–H and O–H groups in total. The molecule has 1 amide bonds. The van der Waals surface area contributed by atoms with Crippen molar-refractivity contribution in [3.63, 3.8) is 0 Å². The van der Waals surface area contributed by atoms with E-state index in [4.69, 9.17) is 0 Å². The van der Waals surface area contributed by atoms with Crippen LogP contribution in [0.25, 0.3) is 0 Å². The number of aryl methyl sites for hydroxylation is 1. The molecule has 0 aromatic heterocycles. The molecule has 5 heteroatoms. The Kier molecular flexibility index (Phi) is 4.02. The summed E-state index contributed by atoms with van der Waals surface area (Å²) < 4.78 is 0. The second kappa shape index (κ2) is 6.12. The minimum atomic E-state index is -0.149. The first-order chi connectivity index (χ1) is 11.1. The number of hydrogen-bond acceptors (Lipinski definition) is 4. The second-order valence-corrected chi connectivity index (χ2v) is 5.65. The number of aldehydes is 1. The number of benzene rings is 2. The fourth-order valence-corrected chi connectivity index (χ4v) is 2.85. The van der Waals surface area contributed by atoms with Crippen LogP contribution >= 0.6 is 0 Å². The molecule has 3 rings (SSSR count). The SMILES string of the molecule is Cc1cccc2c1NCCN(C(=O)c1ccc(O)c(C=O)c1)C2. The van der Waals surface area contributed by atoms with Gasteiger partial charge in [-0.3, -0.25) is 9.59 Å². The van der Waals surface area contributed by atoms with Gasteiger partial charge in [0.2, 0.25) is 0 Å². The molecule has 0 bridgehead atoms. The highest BCUT2D eigenvalue weighted by Gasteiger charge is 2.21. The lowest BCUT2D eigenvalue weighted by Gasteiger charge is -2.20. The van der Waals surface area contributed by atoms with Gasteiger partial charge in [-0.15, -0.1) is 0 Å². The number of amides is 1. The van der Waals surface area contributed by atoms with Gasteiger partial charge in [0, 0.05) is 30.9 Å². The number of carbonyl (C=O) groups is 2. The number of nitrogens with zero attached hydrogens (tertiary/aromatic N) is 1. The maximum absolute atomic E-state index is 12.7. The van der Waals surface area contributed by atoms with Crippen molar-refractivity contribution in [3.05, 3.63) is 58.7 Å². The van der Waals surface area contributed by atoms with Gasteiger partial charge in [-0.1, -0.05) is 18.2 Å². The summed E-state index contributed by atoms with van der Waals surface area (Å²) in [6.45, 7) is 3.80. The molecule has 5 nitrogen and oxygen atoms in total. The molecule has 0 fully saturated rings. The van der Waals surface area contributed by atoms with Crippen LogP contribution < -0.4 is 5.32 Å². The van der Waals surface area contributed by atoms with E-state index in [1.165, 1.54) is 12.1 Å². The number of aromatic hydroxyl groups is 1. The van der Waals surface area contributed by atoms with E-state index < -0.39 is 0 Å². The number of fused-ring (bicyclic) bond motifs is 1. The number of carbonyl (C=O) groups excluding carboxylic acids is 2. The first-order valence-electron chi connectivity index (χ1n) is 7.50. The molecule has 0 unspecified atom stereocenters. The van der Waals surface area contributed by atoms with Gasteiger partial charge < -0.3 is 15.3 Å². The Labute approximate surface area is 134 Å². The van der Waals surface area contributed by atoms with E-state index >= 15 is 0 Å². The molecule has 2 aromatic carbocycles. The van der Waals surface area contributed by atoms with Crippen LogP contribution in [-0.4, -0.2) is 35.3 Å². The maximum atomic E-state index is 12.7. The molecule has 0 spiro atoms. The summed E-state index contributed by atoms with van der Waals surface area (Å²) in [5, 5.41) is 12.9. The summed E-state index contributed by atoms with van der Waals surface area (Å²) in [5.41, 5.74) is 3.85. The van der Waals surface area contributed by atoms with E-state index in [-0.39, 0.29) is 17.2 Å². The van der Waals surface area contributed by atoms with Crippen LogP contribution in [0, 0.1) is 6.92 Å². The molecule has 0 saturated heterocycles. The number of anilines is 1. The van der Waals surface area contributed by atoms with E-state index in [1.54, 1.807) is 11.0 Å². The molecule has 1 heterocycles. The average molecular weight is 310 g/mol. The highest BCUT2D eigenvalue weighted by Crippen LogP contribution is 2.25. The van der Waals surface area contributed by atoms with Crippen molar-refractivity contribution in [1.82, 2.24) is 4.90 Å². The molecule has 0 atom stereocenters. The molecule has 23 heavy (non-hydrogen) atoms. The Hall–Kier alpha value is -2.82. The van der Waals surface area contributed by atoms with Gasteiger partial charge in [-0.05, 0) is 36.2 Å². The zero-order valence-corrected chi connectivity index (χ0v) is 12.9. The van der Waals surface area contributed by atoms with Crippen molar-refractivity contribution in [2.45, 2.75) is 13.5 Å². The predicted octanol–water partition coefficient (Wildman–Crippen LogP) is 2.58. The highest BCUT2D eigenvalue weighted by molar-refractivity contribution is 5.96. The minimum Gasteiger partial charge on any atom is -0.507 e. The molecular formula is C18H18N2O3. The third kappa shape index (κ3) is 2.90. The Morgan fingerprint density at radius 1 is 1.30 bits per heavy atom.